The number of esters is 1. The van der Waals surface area contributed by atoms with Crippen molar-refractivity contribution in [2.75, 3.05) is 13.7 Å². The van der Waals surface area contributed by atoms with Crippen LogP contribution in [0, 0.1) is 6.92 Å². The largest absolute Gasteiger partial charge is 0.497 e. The van der Waals surface area contributed by atoms with Gasteiger partial charge in [0, 0.05) is 0 Å². The normalized spacial score (nSPS) is 15.9. The van der Waals surface area contributed by atoms with Crippen molar-refractivity contribution in [3.63, 3.8) is 0 Å². The molecule has 1 unspecified atom stereocenters. The van der Waals surface area contributed by atoms with Crippen molar-refractivity contribution in [2.24, 2.45) is 0 Å². The van der Waals surface area contributed by atoms with Gasteiger partial charge in [-0.1, -0.05) is 12.1 Å². The van der Waals surface area contributed by atoms with Crippen molar-refractivity contribution >= 4 is 11.6 Å². The first kappa shape index (κ1) is 18.0. The van der Waals surface area contributed by atoms with E-state index in [-0.39, 0.29) is 6.61 Å². The fourth-order valence-electron chi connectivity index (χ4n) is 3.45. The Hall–Kier alpha value is -3.42. The fourth-order valence-corrected chi connectivity index (χ4v) is 3.45. The lowest BCUT2D eigenvalue weighted by atomic mass is 9.83. The molecule has 0 radical (unpaired) electrons. The van der Waals surface area contributed by atoms with E-state index in [4.69, 9.17) is 14.2 Å². The number of ether oxygens (including phenoxy) is 3. The number of aromatic nitrogens is 4. The Morgan fingerprint density at radius 1 is 1.25 bits per heavy atom. The number of benzene rings is 1. The van der Waals surface area contributed by atoms with E-state index in [1.54, 1.807) is 38.7 Å². The molecule has 0 saturated heterocycles. The number of hydrogen-bond donors (Lipinski definition) is 0. The number of nitrogens with zero attached hydrogens (tertiary/aromatic N) is 4. The Kier molecular flexibility index (Phi) is 4.46. The first-order valence-corrected chi connectivity index (χ1v) is 8.95. The van der Waals surface area contributed by atoms with E-state index < -0.39 is 11.9 Å². The van der Waals surface area contributed by atoms with Crippen LogP contribution in [0.1, 0.15) is 36.7 Å². The zero-order valence-corrected chi connectivity index (χ0v) is 16.1. The number of carbonyl (C=O) groups is 1. The molecule has 4 rings (SSSR count). The molecule has 8 nitrogen and oxygen atoms in total. The van der Waals surface area contributed by atoms with Gasteiger partial charge in [0.2, 0.25) is 5.88 Å². The summed E-state index contributed by atoms with van der Waals surface area (Å²) in [7, 11) is 1.61. The van der Waals surface area contributed by atoms with E-state index in [9.17, 15) is 4.79 Å². The summed E-state index contributed by atoms with van der Waals surface area (Å²) in [5.41, 5.74) is 2.58. The van der Waals surface area contributed by atoms with Crippen LogP contribution in [0.3, 0.4) is 0 Å². The molecule has 0 aliphatic carbocycles. The van der Waals surface area contributed by atoms with Gasteiger partial charge in [0.05, 0.1) is 30.8 Å². The van der Waals surface area contributed by atoms with Crippen LogP contribution in [0.2, 0.25) is 0 Å². The van der Waals surface area contributed by atoms with Crippen molar-refractivity contribution in [3.8, 4) is 11.6 Å². The molecular weight excluding hydrogens is 360 g/mol. The summed E-state index contributed by atoms with van der Waals surface area (Å²) in [5, 5.41) is 4.34. The average molecular weight is 380 g/mol. The summed E-state index contributed by atoms with van der Waals surface area (Å²) >= 11 is 0. The Morgan fingerprint density at radius 3 is 2.68 bits per heavy atom. The van der Waals surface area contributed by atoms with Crippen LogP contribution in [0.5, 0.6) is 11.6 Å². The molecule has 0 N–H and O–H groups in total. The fraction of sp³-hybridized carbons (Fsp3) is 0.300. The van der Waals surface area contributed by atoms with Gasteiger partial charge in [0.25, 0.3) is 0 Å². The molecule has 0 spiro atoms. The Labute approximate surface area is 161 Å². The number of fused-ring (bicyclic) bond motifs is 3. The number of rotatable bonds is 4. The van der Waals surface area contributed by atoms with Crippen LogP contribution in [0.25, 0.3) is 5.65 Å². The van der Waals surface area contributed by atoms with Gasteiger partial charge in [-0.2, -0.15) is 5.10 Å². The summed E-state index contributed by atoms with van der Waals surface area (Å²) in [5.74, 6) is 1.32. The van der Waals surface area contributed by atoms with Gasteiger partial charge in [0.1, 0.15) is 23.7 Å². The van der Waals surface area contributed by atoms with Crippen molar-refractivity contribution < 1.29 is 19.0 Å². The lowest BCUT2D eigenvalue weighted by Gasteiger charge is -2.28. The minimum absolute atomic E-state index is 0.268. The number of hydrogen-bond acceptors (Lipinski definition) is 7. The van der Waals surface area contributed by atoms with E-state index in [1.807, 2.05) is 24.3 Å². The maximum absolute atomic E-state index is 12.8. The molecule has 0 fully saturated rings. The summed E-state index contributed by atoms with van der Waals surface area (Å²) in [4.78, 5) is 21.7. The molecule has 2 aromatic heterocycles. The van der Waals surface area contributed by atoms with Gasteiger partial charge in [-0.15, -0.1) is 0 Å². The molecule has 1 aromatic carbocycles. The third-order valence-electron chi connectivity index (χ3n) is 4.64. The maximum Gasteiger partial charge on any atom is 0.338 e. The second-order valence-corrected chi connectivity index (χ2v) is 6.39. The molecule has 1 aliphatic rings. The van der Waals surface area contributed by atoms with Gasteiger partial charge in [-0.25, -0.2) is 19.3 Å². The zero-order valence-electron chi connectivity index (χ0n) is 16.1. The van der Waals surface area contributed by atoms with Crippen molar-refractivity contribution in [3.05, 3.63) is 58.9 Å². The van der Waals surface area contributed by atoms with Crippen LogP contribution >= 0.6 is 0 Å². The van der Waals surface area contributed by atoms with Crippen molar-refractivity contribution in [1.29, 1.82) is 0 Å². The maximum atomic E-state index is 12.8. The van der Waals surface area contributed by atoms with Crippen LogP contribution in [0.15, 0.2) is 41.9 Å². The zero-order chi connectivity index (χ0) is 19.8. The van der Waals surface area contributed by atoms with Gasteiger partial charge in [-0.3, -0.25) is 0 Å². The summed E-state index contributed by atoms with van der Waals surface area (Å²) in [6.45, 7) is 5.59. The predicted octanol–water partition coefficient (Wildman–Crippen LogP) is 2.80. The van der Waals surface area contributed by atoms with Crippen LogP contribution < -0.4 is 9.47 Å². The van der Waals surface area contributed by atoms with E-state index >= 15 is 0 Å². The third kappa shape index (κ3) is 2.87. The van der Waals surface area contributed by atoms with Gasteiger partial charge >= 0.3 is 5.97 Å². The Bertz CT molecular complexity index is 1090. The molecular formula is C20H20N4O4. The number of carbonyl (C=O) groups excluding carboxylic acids is 1. The average Bonchev–Trinajstić information content (AvgIpc) is 3.07. The highest BCUT2D eigenvalue weighted by Crippen LogP contribution is 2.44. The van der Waals surface area contributed by atoms with Crippen molar-refractivity contribution in [2.45, 2.75) is 26.7 Å². The van der Waals surface area contributed by atoms with Crippen molar-refractivity contribution in [1.82, 2.24) is 19.6 Å². The monoisotopic (exact) mass is 380 g/mol. The lowest BCUT2D eigenvalue weighted by molar-refractivity contribution is -0.139. The smallest absolute Gasteiger partial charge is 0.338 e. The molecule has 1 aliphatic heterocycles. The first-order chi connectivity index (χ1) is 13.5. The Balaban J connectivity index is 1.98. The highest BCUT2D eigenvalue weighted by Gasteiger charge is 2.38. The molecule has 0 saturated carbocycles. The predicted molar refractivity (Wildman–Crippen MR) is 100 cm³/mol. The summed E-state index contributed by atoms with van der Waals surface area (Å²) in [6, 6.07) is 7.53. The minimum Gasteiger partial charge on any atom is -0.497 e. The topological polar surface area (TPSA) is 87.8 Å². The van der Waals surface area contributed by atoms with E-state index in [0.29, 0.717) is 34.2 Å². The van der Waals surface area contributed by atoms with Crippen LogP contribution in [-0.4, -0.2) is 39.3 Å². The second-order valence-electron chi connectivity index (χ2n) is 6.39. The van der Waals surface area contributed by atoms with E-state index in [2.05, 4.69) is 15.1 Å². The van der Waals surface area contributed by atoms with E-state index in [1.165, 1.54) is 0 Å². The van der Waals surface area contributed by atoms with Crippen LogP contribution in [-0.2, 0) is 9.53 Å². The van der Waals surface area contributed by atoms with Gasteiger partial charge in [-0.05, 0) is 38.5 Å². The number of methoxy groups -OCH3 is 1. The van der Waals surface area contributed by atoms with Gasteiger partial charge < -0.3 is 14.2 Å². The standard InChI is InChI=1S/C20H20N4O4/c1-5-27-20(25)15-11(2)28-19-17(18-22-12(3)23-24(18)10-21-19)16(15)13-6-8-14(26-4)9-7-13/h6-10,16H,5H2,1-4H3. The molecule has 144 valence electrons. The third-order valence-corrected chi connectivity index (χ3v) is 4.64. The molecule has 0 amide bonds. The number of aryl methyl sites for hydroxylation is 1. The molecule has 1 atom stereocenters. The minimum atomic E-state index is -0.450. The molecule has 3 aromatic rings. The Morgan fingerprint density at radius 2 is 2.00 bits per heavy atom. The highest BCUT2D eigenvalue weighted by atomic mass is 16.5. The molecule has 0 bridgehead atoms. The molecule has 28 heavy (non-hydrogen) atoms. The quantitative estimate of drug-likeness (QED) is 0.643. The SMILES string of the molecule is CCOC(=O)C1=C(C)Oc2ncn3nc(C)nc3c2C1c1ccc(OC)cc1. The number of allylic oxidation sites excluding steroid dienone is 1. The van der Waals surface area contributed by atoms with Gasteiger partial charge in [0.15, 0.2) is 5.65 Å². The highest BCUT2D eigenvalue weighted by molar-refractivity contribution is 5.93. The summed E-state index contributed by atoms with van der Waals surface area (Å²) < 4.78 is 18.1. The van der Waals surface area contributed by atoms with E-state index in [0.717, 1.165) is 11.3 Å². The summed E-state index contributed by atoms with van der Waals surface area (Å²) in [6.07, 6.45) is 1.56. The molecule has 8 heteroatoms. The molecule has 3 heterocycles. The first-order valence-electron chi connectivity index (χ1n) is 8.95. The lowest BCUT2D eigenvalue weighted by Crippen LogP contribution is -2.24. The second kappa shape index (κ2) is 6.95. The van der Waals surface area contributed by atoms with Crippen LogP contribution in [0.4, 0.5) is 0 Å².